The SMILES string of the molecule is C=CC(N)c1cc2cc(N)ccc2o1. The highest BCUT2D eigenvalue weighted by molar-refractivity contribution is 5.81. The van der Waals surface area contributed by atoms with Gasteiger partial charge in [0.25, 0.3) is 0 Å². The monoisotopic (exact) mass is 188 g/mol. The smallest absolute Gasteiger partial charge is 0.134 e. The van der Waals surface area contributed by atoms with Crippen LogP contribution in [-0.2, 0) is 0 Å². The van der Waals surface area contributed by atoms with E-state index in [-0.39, 0.29) is 6.04 Å². The van der Waals surface area contributed by atoms with Gasteiger partial charge in [-0.2, -0.15) is 0 Å². The van der Waals surface area contributed by atoms with Gasteiger partial charge in [0.05, 0.1) is 6.04 Å². The molecule has 0 aliphatic carbocycles. The van der Waals surface area contributed by atoms with E-state index in [0.29, 0.717) is 5.76 Å². The van der Waals surface area contributed by atoms with Crippen LogP contribution < -0.4 is 11.5 Å². The molecule has 3 heteroatoms. The summed E-state index contributed by atoms with van der Waals surface area (Å²) >= 11 is 0. The van der Waals surface area contributed by atoms with Crippen molar-refractivity contribution in [3.63, 3.8) is 0 Å². The lowest BCUT2D eigenvalue weighted by atomic mass is 10.2. The first-order valence-corrected chi connectivity index (χ1v) is 4.38. The Bertz CT molecular complexity index is 473. The average Bonchev–Trinajstić information content (AvgIpc) is 2.59. The summed E-state index contributed by atoms with van der Waals surface area (Å²) in [6.45, 7) is 3.62. The number of hydrogen-bond acceptors (Lipinski definition) is 3. The van der Waals surface area contributed by atoms with Crippen molar-refractivity contribution in [1.82, 2.24) is 0 Å². The van der Waals surface area contributed by atoms with Gasteiger partial charge in [-0.1, -0.05) is 6.08 Å². The molecule has 0 bridgehead atoms. The standard InChI is InChI=1S/C11H12N2O/c1-2-9(13)11-6-7-5-8(12)3-4-10(7)14-11/h2-6,9H,1,12-13H2. The van der Waals surface area contributed by atoms with E-state index >= 15 is 0 Å². The summed E-state index contributed by atoms with van der Waals surface area (Å²) in [5.41, 5.74) is 12.9. The van der Waals surface area contributed by atoms with Crippen LogP contribution in [0.2, 0.25) is 0 Å². The fourth-order valence-electron chi connectivity index (χ4n) is 1.36. The second kappa shape index (κ2) is 3.20. The molecule has 0 aliphatic rings. The molecule has 1 unspecified atom stereocenters. The number of rotatable bonds is 2. The number of benzene rings is 1. The van der Waals surface area contributed by atoms with Crippen LogP contribution in [0.15, 0.2) is 41.3 Å². The summed E-state index contributed by atoms with van der Waals surface area (Å²) in [7, 11) is 0. The van der Waals surface area contributed by atoms with Crippen LogP contribution in [0.3, 0.4) is 0 Å². The number of hydrogen-bond donors (Lipinski definition) is 2. The Labute approximate surface area is 82.0 Å². The van der Waals surface area contributed by atoms with Gasteiger partial charge in [-0.3, -0.25) is 0 Å². The molecule has 0 saturated carbocycles. The molecule has 1 aromatic heterocycles. The van der Waals surface area contributed by atoms with Crippen molar-refractivity contribution in [3.05, 3.63) is 42.7 Å². The average molecular weight is 188 g/mol. The van der Waals surface area contributed by atoms with Crippen LogP contribution in [0.5, 0.6) is 0 Å². The highest BCUT2D eigenvalue weighted by Gasteiger charge is 2.08. The van der Waals surface area contributed by atoms with Crippen molar-refractivity contribution in [3.8, 4) is 0 Å². The van der Waals surface area contributed by atoms with Gasteiger partial charge in [0, 0.05) is 11.1 Å². The lowest BCUT2D eigenvalue weighted by molar-refractivity contribution is 0.530. The van der Waals surface area contributed by atoms with Gasteiger partial charge in [-0.25, -0.2) is 0 Å². The number of fused-ring (bicyclic) bond motifs is 1. The molecular formula is C11H12N2O. The molecule has 0 amide bonds. The summed E-state index contributed by atoms with van der Waals surface area (Å²) in [6.07, 6.45) is 1.64. The maximum Gasteiger partial charge on any atom is 0.134 e. The molecule has 2 aromatic rings. The van der Waals surface area contributed by atoms with Crippen LogP contribution in [0.1, 0.15) is 11.8 Å². The van der Waals surface area contributed by atoms with Crippen molar-refractivity contribution >= 4 is 16.7 Å². The van der Waals surface area contributed by atoms with E-state index in [1.165, 1.54) is 0 Å². The molecule has 1 atom stereocenters. The highest BCUT2D eigenvalue weighted by atomic mass is 16.3. The maximum atomic E-state index is 5.75. The zero-order chi connectivity index (χ0) is 10.1. The first-order chi connectivity index (χ1) is 6.70. The zero-order valence-corrected chi connectivity index (χ0v) is 7.73. The predicted octanol–water partition coefficient (Wildman–Crippen LogP) is 2.20. The molecule has 0 radical (unpaired) electrons. The van der Waals surface area contributed by atoms with Crippen LogP contribution in [0.25, 0.3) is 11.0 Å². The fourth-order valence-corrected chi connectivity index (χ4v) is 1.36. The second-order valence-corrected chi connectivity index (χ2v) is 3.21. The van der Waals surface area contributed by atoms with Gasteiger partial charge >= 0.3 is 0 Å². The molecule has 0 fully saturated rings. The Hall–Kier alpha value is -1.74. The number of nitrogen functional groups attached to an aromatic ring is 1. The van der Waals surface area contributed by atoms with Crippen LogP contribution in [-0.4, -0.2) is 0 Å². The van der Waals surface area contributed by atoms with Crippen LogP contribution in [0, 0.1) is 0 Å². The van der Waals surface area contributed by atoms with E-state index in [0.717, 1.165) is 16.7 Å². The largest absolute Gasteiger partial charge is 0.459 e. The third kappa shape index (κ3) is 1.38. The lowest BCUT2D eigenvalue weighted by Gasteiger charge is -1.98. The van der Waals surface area contributed by atoms with E-state index in [1.807, 2.05) is 18.2 Å². The lowest BCUT2D eigenvalue weighted by Crippen LogP contribution is -2.04. The molecule has 0 spiro atoms. The third-order valence-electron chi connectivity index (χ3n) is 2.14. The van der Waals surface area contributed by atoms with E-state index in [1.54, 1.807) is 12.1 Å². The molecule has 3 nitrogen and oxygen atoms in total. The number of anilines is 1. The van der Waals surface area contributed by atoms with Gasteiger partial charge in [0.15, 0.2) is 0 Å². The second-order valence-electron chi connectivity index (χ2n) is 3.21. The minimum absolute atomic E-state index is 0.261. The van der Waals surface area contributed by atoms with E-state index in [2.05, 4.69) is 6.58 Å². The molecule has 72 valence electrons. The van der Waals surface area contributed by atoms with Gasteiger partial charge < -0.3 is 15.9 Å². The number of nitrogens with two attached hydrogens (primary N) is 2. The van der Waals surface area contributed by atoms with Gasteiger partial charge in [0.1, 0.15) is 11.3 Å². The molecule has 0 aliphatic heterocycles. The van der Waals surface area contributed by atoms with Crippen molar-refractivity contribution in [1.29, 1.82) is 0 Å². The van der Waals surface area contributed by atoms with E-state index in [4.69, 9.17) is 15.9 Å². The minimum atomic E-state index is -0.261. The highest BCUT2D eigenvalue weighted by Crippen LogP contribution is 2.24. The predicted molar refractivity (Wildman–Crippen MR) is 57.8 cm³/mol. The first kappa shape index (κ1) is 8.84. The Kier molecular flexibility index (Phi) is 2.02. The molecule has 2 rings (SSSR count). The maximum absolute atomic E-state index is 5.75. The summed E-state index contributed by atoms with van der Waals surface area (Å²) in [5.74, 6) is 0.709. The Morgan fingerprint density at radius 3 is 2.86 bits per heavy atom. The Morgan fingerprint density at radius 2 is 2.14 bits per heavy atom. The Morgan fingerprint density at radius 1 is 1.36 bits per heavy atom. The fraction of sp³-hybridized carbons (Fsp3) is 0.0909. The van der Waals surface area contributed by atoms with E-state index in [9.17, 15) is 0 Å². The molecular weight excluding hydrogens is 176 g/mol. The van der Waals surface area contributed by atoms with E-state index < -0.39 is 0 Å². The molecule has 4 N–H and O–H groups in total. The molecule has 1 aromatic carbocycles. The third-order valence-corrected chi connectivity index (χ3v) is 2.14. The van der Waals surface area contributed by atoms with Gasteiger partial charge in [-0.15, -0.1) is 6.58 Å². The van der Waals surface area contributed by atoms with Crippen molar-refractivity contribution in [2.45, 2.75) is 6.04 Å². The summed E-state index contributed by atoms with van der Waals surface area (Å²) in [6, 6.07) is 7.12. The van der Waals surface area contributed by atoms with Gasteiger partial charge in [0.2, 0.25) is 0 Å². The summed E-state index contributed by atoms with van der Waals surface area (Å²) < 4.78 is 5.52. The van der Waals surface area contributed by atoms with Crippen molar-refractivity contribution < 1.29 is 4.42 Å². The van der Waals surface area contributed by atoms with Crippen LogP contribution >= 0.6 is 0 Å². The first-order valence-electron chi connectivity index (χ1n) is 4.38. The quantitative estimate of drug-likeness (QED) is 0.561. The normalized spacial score (nSPS) is 12.9. The number of furan rings is 1. The zero-order valence-electron chi connectivity index (χ0n) is 7.73. The van der Waals surface area contributed by atoms with Gasteiger partial charge in [-0.05, 0) is 24.3 Å². The summed E-state index contributed by atoms with van der Waals surface area (Å²) in [5, 5.41) is 0.970. The Balaban J connectivity index is 2.56. The summed E-state index contributed by atoms with van der Waals surface area (Å²) in [4.78, 5) is 0. The minimum Gasteiger partial charge on any atom is -0.459 e. The topological polar surface area (TPSA) is 65.2 Å². The van der Waals surface area contributed by atoms with Crippen LogP contribution in [0.4, 0.5) is 5.69 Å². The molecule has 1 heterocycles. The molecule has 14 heavy (non-hydrogen) atoms. The van der Waals surface area contributed by atoms with Crippen molar-refractivity contribution in [2.75, 3.05) is 5.73 Å². The molecule has 0 saturated heterocycles. The van der Waals surface area contributed by atoms with Crippen molar-refractivity contribution in [2.24, 2.45) is 5.73 Å².